The molecule has 3 saturated carbocycles. The zero-order valence-corrected chi connectivity index (χ0v) is 19.8. The van der Waals surface area contributed by atoms with Crippen LogP contribution in [-0.2, 0) is 9.84 Å². The molecule has 5 nitrogen and oxygen atoms in total. The number of hydrogen-bond acceptors (Lipinski definition) is 4. The molecule has 0 spiro atoms. The molecule has 0 aliphatic heterocycles. The van der Waals surface area contributed by atoms with E-state index in [1.165, 1.54) is 18.2 Å². The van der Waals surface area contributed by atoms with Crippen molar-refractivity contribution >= 4 is 15.7 Å². The van der Waals surface area contributed by atoms with Crippen LogP contribution in [-0.4, -0.2) is 44.4 Å². The van der Waals surface area contributed by atoms with Crippen LogP contribution >= 0.6 is 0 Å². The first-order valence-electron chi connectivity index (χ1n) is 11.9. The second kappa shape index (κ2) is 9.66. The van der Waals surface area contributed by atoms with Crippen molar-refractivity contribution in [2.45, 2.75) is 75.6 Å². The number of para-hydroxylation sites is 1. The van der Waals surface area contributed by atoms with Gasteiger partial charge in [-0.05, 0) is 74.3 Å². The van der Waals surface area contributed by atoms with Gasteiger partial charge in [0.05, 0.1) is 16.6 Å². The Morgan fingerprint density at radius 3 is 2.26 bits per heavy atom. The molecule has 34 heavy (non-hydrogen) atoms. The zero-order valence-electron chi connectivity index (χ0n) is 19.0. The largest absolute Gasteiger partial charge is 0.461 e. The Hall–Kier alpha value is -1.84. The van der Waals surface area contributed by atoms with Crippen LogP contribution in [0.5, 0.6) is 5.75 Å². The number of carbonyl (C=O) groups excluding carboxylic acids is 1. The molecule has 1 N–H and O–H groups in total. The van der Waals surface area contributed by atoms with E-state index in [0.29, 0.717) is 37.5 Å². The number of amides is 1. The average molecular weight is 506 g/mol. The number of nitrogens with one attached hydrogen (secondary N) is 1. The Labute approximate surface area is 197 Å². The van der Waals surface area contributed by atoms with E-state index < -0.39 is 34.0 Å². The van der Waals surface area contributed by atoms with E-state index in [9.17, 15) is 30.8 Å². The number of hydrogen-bond donors (Lipinski definition) is 1. The lowest BCUT2D eigenvalue weighted by Gasteiger charge is -2.40. The first kappa shape index (κ1) is 25.3. The van der Waals surface area contributed by atoms with E-state index in [1.807, 2.05) is 0 Å². The Morgan fingerprint density at radius 1 is 1.06 bits per heavy atom. The smallest absolute Gasteiger partial charge is 0.427 e. The summed E-state index contributed by atoms with van der Waals surface area (Å²) < 4.78 is 81.6. The summed E-state index contributed by atoms with van der Waals surface area (Å²) in [4.78, 5) is 12.8. The zero-order chi connectivity index (χ0) is 24.6. The van der Waals surface area contributed by atoms with Crippen molar-refractivity contribution < 1.29 is 35.5 Å². The predicted octanol–water partition coefficient (Wildman–Crippen LogP) is 5.21. The molecule has 3 aliphatic rings. The minimum atomic E-state index is -4.71. The van der Waals surface area contributed by atoms with E-state index in [1.54, 1.807) is 0 Å². The third kappa shape index (κ3) is 6.23. The van der Waals surface area contributed by atoms with Crippen molar-refractivity contribution in [1.82, 2.24) is 5.32 Å². The van der Waals surface area contributed by atoms with E-state index in [2.05, 4.69) is 10.1 Å². The van der Waals surface area contributed by atoms with Crippen LogP contribution in [0.4, 0.5) is 17.6 Å². The molecular weight excluding hydrogens is 474 g/mol. The van der Waals surface area contributed by atoms with Crippen molar-refractivity contribution in [3.8, 4) is 5.75 Å². The molecular formula is C24H31F4NO4S. The predicted molar refractivity (Wildman–Crippen MR) is 119 cm³/mol. The van der Waals surface area contributed by atoms with Gasteiger partial charge >= 0.3 is 12.5 Å². The fraction of sp³-hybridized carbons (Fsp3) is 0.708. The minimum absolute atomic E-state index is 0.245. The lowest BCUT2D eigenvalue weighted by molar-refractivity contribution is -0.253. The highest BCUT2D eigenvalue weighted by atomic mass is 32.2. The van der Waals surface area contributed by atoms with Crippen LogP contribution < -0.4 is 10.1 Å². The van der Waals surface area contributed by atoms with Crippen LogP contribution in [0, 0.1) is 17.3 Å². The quantitative estimate of drug-likeness (QED) is 0.419. The van der Waals surface area contributed by atoms with Crippen molar-refractivity contribution in [3.63, 3.8) is 0 Å². The minimum Gasteiger partial charge on any atom is -0.427 e. The molecule has 0 aromatic heterocycles. The second-order valence-electron chi connectivity index (χ2n) is 10.3. The Kier molecular flexibility index (Phi) is 7.18. The van der Waals surface area contributed by atoms with Gasteiger partial charge in [-0.2, -0.15) is 17.6 Å². The molecule has 1 aromatic carbocycles. The van der Waals surface area contributed by atoms with Gasteiger partial charge in [0.15, 0.2) is 9.84 Å². The summed E-state index contributed by atoms with van der Waals surface area (Å²) in [6, 6.07) is 5.08. The van der Waals surface area contributed by atoms with Gasteiger partial charge in [0, 0.05) is 6.54 Å². The normalized spacial score (nSPS) is 25.9. The summed E-state index contributed by atoms with van der Waals surface area (Å²) in [6.07, 6.45) is -1.24. The Balaban J connectivity index is 1.41. The summed E-state index contributed by atoms with van der Waals surface area (Å²) in [5.41, 5.74) is -0.504. The SMILES string of the molecule is O=C(NCC1(CC2CC2)CCC(S(=O)(=O)CC2CC2)CC1)c1ccccc1OC(F)(F)C(F)F. The van der Waals surface area contributed by atoms with Gasteiger partial charge in [-0.1, -0.05) is 25.0 Å². The molecule has 3 fully saturated rings. The first-order chi connectivity index (χ1) is 16.0. The van der Waals surface area contributed by atoms with Gasteiger partial charge in [-0.3, -0.25) is 4.79 Å². The molecule has 4 rings (SSSR count). The van der Waals surface area contributed by atoms with Crippen LogP contribution in [0.25, 0.3) is 0 Å². The van der Waals surface area contributed by atoms with E-state index in [-0.39, 0.29) is 28.5 Å². The fourth-order valence-corrected chi connectivity index (χ4v) is 7.21. The molecule has 3 aliphatic carbocycles. The van der Waals surface area contributed by atoms with Crippen molar-refractivity contribution in [3.05, 3.63) is 29.8 Å². The van der Waals surface area contributed by atoms with Gasteiger partial charge in [-0.15, -0.1) is 0 Å². The highest BCUT2D eigenvalue weighted by molar-refractivity contribution is 7.92. The van der Waals surface area contributed by atoms with Gasteiger partial charge in [0.2, 0.25) is 0 Å². The van der Waals surface area contributed by atoms with Crippen LogP contribution in [0.1, 0.15) is 68.1 Å². The second-order valence-corrected chi connectivity index (χ2v) is 12.6. The molecule has 0 heterocycles. The molecule has 0 radical (unpaired) electrons. The number of benzene rings is 1. The Bertz CT molecular complexity index is 984. The third-order valence-electron chi connectivity index (χ3n) is 7.34. The van der Waals surface area contributed by atoms with Gasteiger partial charge in [0.1, 0.15) is 5.75 Å². The summed E-state index contributed by atoms with van der Waals surface area (Å²) in [5, 5.41) is 2.45. The van der Waals surface area contributed by atoms with E-state index in [4.69, 9.17) is 0 Å². The van der Waals surface area contributed by atoms with Crippen LogP contribution in [0.15, 0.2) is 24.3 Å². The summed E-state index contributed by atoms with van der Waals surface area (Å²) in [5.74, 6) is -0.167. The molecule has 10 heteroatoms. The monoisotopic (exact) mass is 505 g/mol. The molecule has 0 saturated heterocycles. The molecule has 1 amide bonds. The number of sulfone groups is 1. The molecule has 1 aromatic rings. The molecule has 190 valence electrons. The lowest BCUT2D eigenvalue weighted by atomic mass is 9.70. The highest BCUT2D eigenvalue weighted by Crippen LogP contribution is 2.49. The maximum absolute atomic E-state index is 13.4. The molecule has 0 atom stereocenters. The summed E-state index contributed by atoms with van der Waals surface area (Å²) in [6.45, 7) is 0.275. The standard InChI is InChI=1S/C24H31F4NO4S/c25-22(26)24(27,28)33-20-4-2-1-3-19(20)21(30)29-15-23(13-16-5-6-16)11-9-18(10-12-23)34(31,32)14-17-7-8-17/h1-4,16-18,22H,5-15H2,(H,29,30). The number of ether oxygens (including phenoxy) is 1. The van der Waals surface area contributed by atoms with Crippen molar-refractivity contribution in [2.24, 2.45) is 17.3 Å². The van der Waals surface area contributed by atoms with E-state index >= 15 is 0 Å². The average Bonchev–Trinajstić information content (AvgIpc) is 3.70. The van der Waals surface area contributed by atoms with Crippen molar-refractivity contribution in [1.29, 1.82) is 0 Å². The maximum atomic E-state index is 13.4. The van der Waals surface area contributed by atoms with Gasteiger partial charge < -0.3 is 10.1 Å². The van der Waals surface area contributed by atoms with Crippen LogP contribution in [0.3, 0.4) is 0 Å². The number of alkyl halides is 4. The highest BCUT2D eigenvalue weighted by Gasteiger charge is 2.45. The lowest BCUT2D eigenvalue weighted by Crippen LogP contribution is -2.43. The fourth-order valence-electron chi connectivity index (χ4n) is 5.00. The molecule has 0 bridgehead atoms. The van der Waals surface area contributed by atoms with E-state index in [0.717, 1.165) is 38.2 Å². The van der Waals surface area contributed by atoms with Crippen molar-refractivity contribution in [2.75, 3.05) is 12.3 Å². The van der Waals surface area contributed by atoms with Crippen LogP contribution in [0.2, 0.25) is 0 Å². The topological polar surface area (TPSA) is 72.5 Å². The first-order valence-corrected chi connectivity index (χ1v) is 13.6. The Morgan fingerprint density at radius 2 is 1.68 bits per heavy atom. The number of rotatable bonds is 11. The maximum Gasteiger partial charge on any atom is 0.461 e. The van der Waals surface area contributed by atoms with Gasteiger partial charge in [0.25, 0.3) is 5.91 Å². The number of halogens is 4. The third-order valence-corrected chi connectivity index (χ3v) is 9.76. The molecule has 0 unspecified atom stereocenters. The summed E-state index contributed by atoms with van der Waals surface area (Å²) in [7, 11) is -3.12. The number of carbonyl (C=O) groups is 1. The summed E-state index contributed by atoms with van der Waals surface area (Å²) >= 11 is 0. The van der Waals surface area contributed by atoms with Gasteiger partial charge in [-0.25, -0.2) is 8.42 Å².